The van der Waals surface area contributed by atoms with Crippen molar-refractivity contribution in [2.24, 2.45) is 11.7 Å². The summed E-state index contributed by atoms with van der Waals surface area (Å²) in [5.74, 6) is 0.434. The second-order valence-electron chi connectivity index (χ2n) is 8.44. The van der Waals surface area contributed by atoms with E-state index in [9.17, 15) is 18.0 Å². The fraction of sp³-hybridized carbons (Fsp3) is 0.348. The Hall–Kier alpha value is -3.40. The molecule has 1 aromatic heterocycles. The molecule has 1 fully saturated rings. The van der Waals surface area contributed by atoms with Crippen molar-refractivity contribution < 1.29 is 18.0 Å². The van der Waals surface area contributed by atoms with Gasteiger partial charge in [0.2, 0.25) is 5.91 Å². The van der Waals surface area contributed by atoms with Crippen molar-refractivity contribution >= 4 is 28.2 Å². The van der Waals surface area contributed by atoms with Crippen molar-refractivity contribution in [2.45, 2.75) is 19.3 Å². The number of amides is 1. The summed E-state index contributed by atoms with van der Waals surface area (Å²) in [6, 6.07) is 9.71. The number of halogens is 3. The third-order valence-corrected chi connectivity index (χ3v) is 5.99. The van der Waals surface area contributed by atoms with Crippen molar-refractivity contribution in [2.75, 3.05) is 37.4 Å². The molecule has 3 aromatic rings. The molecule has 7 nitrogen and oxygen atoms in total. The molecule has 0 aliphatic carbocycles. The van der Waals surface area contributed by atoms with Crippen LogP contribution in [0.2, 0.25) is 0 Å². The maximum absolute atomic E-state index is 13.3. The summed E-state index contributed by atoms with van der Waals surface area (Å²) in [5, 5.41) is 12.7. The predicted octanol–water partition coefficient (Wildman–Crippen LogP) is 3.55. The highest BCUT2D eigenvalue weighted by atomic mass is 19.4. The van der Waals surface area contributed by atoms with E-state index in [-0.39, 0.29) is 17.4 Å². The first-order valence-electron chi connectivity index (χ1n) is 10.5. The molecule has 0 saturated carbocycles. The van der Waals surface area contributed by atoms with Gasteiger partial charge < -0.3 is 20.9 Å². The molecule has 0 spiro atoms. The zero-order valence-electron chi connectivity index (χ0n) is 18.5. The molecule has 0 radical (unpaired) electrons. The maximum Gasteiger partial charge on any atom is 0.416 e. The SMILES string of the molecule is Cc1c([C@@H](N)Nc2nncc3ccc(N4CC(C(=O)N(C)C)C4)cc23)cccc1C(F)(F)F. The Labute approximate surface area is 189 Å². The van der Waals surface area contributed by atoms with Gasteiger partial charge in [-0.2, -0.15) is 18.3 Å². The third-order valence-electron chi connectivity index (χ3n) is 5.99. The van der Waals surface area contributed by atoms with E-state index in [1.54, 1.807) is 31.3 Å². The highest BCUT2D eigenvalue weighted by molar-refractivity contribution is 5.94. The molecule has 3 N–H and O–H groups in total. The van der Waals surface area contributed by atoms with Crippen LogP contribution in [0, 0.1) is 12.8 Å². The number of hydrogen-bond acceptors (Lipinski definition) is 6. The first kappa shape index (κ1) is 22.8. The molecule has 1 atom stereocenters. The number of hydrogen-bond donors (Lipinski definition) is 2. The number of nitrogens with one attached hydrogen (secondary N) is 1. The van der Waals surface area contributed by atoms with Crippen LogP contribution in [0.25, 0.3) is 10.8 Å². The van der Waals surface area contributed by atoms with Gasteiger partial charge in [0, 0.05) is 43.6 Å². The summed E-state index contributed by atoms with van der Waals surface area (Å²) < 4.78 is 39.9. The molecule has 10 heteroatoms. The van der Waals surface area contributed by atoms with E-state index in [0.717, 1.165) is 22.5 Å². The Bertz CT molecular complexity index is 1190. The molecular weight excluding hydrogens is 433 g/mol. The molecule has 4 rings (SSSR count). The van der Waals surface area contributed by atoms with Gasteiger partial charge >= 0.3 is 6.18 Å². The Morgan fingerprint density at radius 1 is 1.24 bits per heavy atom. The van der Waals surface area contributed by atoms with Gasteiger partial charge in [0.15, 0.2) is 5.82 Å². The van der Waals surface area contributed by atoms with Crippen LogP contribution >= 0.6 is 0 Å². The van der Waals surface area contributed by atoms with Crippen molar-refractivity contribution in [1.82, 2.24) is 15.1 Å². The molecule has 1 aliphatic rings. The zero-order chi connectivity index (χ0) is 23.9. The minimum Gasteiger partial charge on any atom is -0.370 e. The van der Waals surface area contributed by atoms with Gasteiger partial charge in [-0.3, -0.25) is 4.79 Å². The van der Waals surface area contributed by atoms with E-state index in [1.165, 1.54) is 13.0 Å². The first-order chi connectivity index (χ1) is 15.6. The van der Waals surface area contributed by atoms with Crippen molar-refractivity contribution in [3.05, 3.63) is 59.3 Å². The fourth-order valence-electron chi connectivity index (χ4n) is 4.10. The van der Waals surface area contributed by atoms with Crippen LogP contribution in [0.1, 0.15) is 22.9 Å². The predicted molar refractivity (Wildman–Crippen MR) is 121 cm³/mol. The van der Waals surface area contributed by atoms with Gasteiger partial charge in [-0.05, 0) is 36.2 Å². The number of rotatable bonds is 5. The van der Waals surface area contributed by atoms with Gasteiger partial charge in [-0.25, -0.2) is 0 Å². The first-order valence-corrected chi connectivity index (χ1v) is 10.5. The summed E-state index contributed by atoms with van der Waals surface area (Å²) in [6.45, 7) is 2.64. The van der Waals surface area contributed by atoms with Gasteiger partial charge in [0.1, 0.15) is 6.17 Å². The number of nitrogens with zero attached hydrogens (tertiary/aromatic N) is 4. The highest BCUT2D eigenvalue weighted by Crippen LogP contribution is 2.35. The molecule has 174 valence electrons. The lowest BCUT2D eigenvalue weighted by Gasteiger charge is -2.41. The Morgan fingerprint density at radius 2 is 1.97 bits per heavy atom. The third kappa shape index (κ3) is 4.43. The summed E-state index contributed by atoms with van der Waals surface area (Å²) in [4.78, 5) is 15.8. The van der Waals surface area contributed by atoms with Crippen LogP contribution in [-0.4, -0.2) is 48.2 Å². The number of nitrogens with two attached hydrogens (primary N) is 1. The summed E-state index contributed by atoms with van der Waals surface area (Å²) in [5.41, 5.74) is 6.84. The topological polar surface area (TPSA) is 87.4 Å². The fourth-order valence-corrected chi connectivity index (χ4v) is 4.10. The molecule has 0 unspecified atom stereocenters. The average Bonchev–Trinajstić information content (AvgIpc) is 2.72. The van der Waals surface area contributed by atoms with Crippen molar-refractivity contribution in [1.29, 1.82) is 0 Å². The summed E-state index contributed by atoms with van der Waals surface area (Å²) in [6.07, 6.45) is -3.77. The van der Waals surface area contributed by atoms with E-state index in [1.807, 2.05) is 18.2 Å². The molecule has 33 heavy (non-hydrogen) atoms. The van der Waals surface area contributed by atoms with Gasteiger partial charge in [0.25, 0.3) is 0 Å². The number of carbonyl (C=O) groups excluding carboxylic acids is 1. The normalized spacial score (nSPS) is 15.3. The standard InChI is InChI=1S/C23H25F3N6O/c1-13-17(5-4-6-19(13)23(24,25)26)20(27)29-21-18-9-16(8-7-14(18)10-28-30-21)32-11-15(12-32)22(33)31(2)3/h4-10,15,20H,11-12,27H2,1-3H3,(H,29,30)/t20-/m0/s1. The van der Waals surface area contributed by atoms with Crippen molar-refractivity contribution in [3.63, 3.8) is 0 Å². The summed E-state index contributed by atoms with van der Waals surface area (Å²) >= 11 is 0. The minimum absolute atomic E-state index is 0.0406. The molecule has 1 aliphatic heterocycles. The van der Waals surface area contributed by atoms with Crippen molar-refractivity contribution in [3.8, 4) is 0 Å². The van der Waals surface area contributed by atoms with E-state index in [4.69, 9.17) is 5.73 Å². The lowest BCUT2D eigenvalue weighted by atomic mass is 9.97. The Morgan fingerprint density at radius 3 is 2.64 bits per heavy atom. The van der Waals surface area contributed by atoms with E-state index >= 15 is 0 Å². The minimum atomic E-state index is -4.46. The highest BCUT2D eigenvalue weighted by Gasteiger charge is 2.34. The van der Waals surface area contributed by atoms with Crippen LogP contribution in [-0.2, 0) is 11.0 Å². The number of aromatic nitrogens is 2. The number of benzene rings is 2. The Balaban J connectivity index is 1.59. The largest absolute Gasteiger partial charge is 0.416 e. The van der Waals surface area contributed by atoms with Gasteiger partial charge in [-0.1, -0.05) is 18.2 Å². The van der Waals surface area contributed by atoms with E-state index in [0.29, 0.717) is 24.5 Å². The number of carbonyl (C=O) groups is 1. The summed E-state index contributed by atoms with van der Waals surface area (Å²) in [7, 11) is 3.49. The van der Waals surface area contributed by atoms with Gasteiger partial charge in [0.05, 0.1) is 17.7 Å². The van der Waals surface area contributed by atoms with Gasteiger partial charge in [-0.15, -0.1) is 5.10 Å². The van der Waals surface area contributed by atoms with Crippen LogP contribution in [0.4, 0.5) is 24.7 Å². The molecular formula is C23H25F3N6O. The quantitative estimate of drug-likeness (QED) is 0.569. The molecule has 2 heterocycles. The average molecular weight is 458 g/mol. The number of anilines is 2. The zero-order valence-corrected chi connectivity index (χ0v) is 18.5. The number of alkyl halides is 3. The van der Waals surface area contributed by atoms with E-state index in [2.05, 4.69) is 20.4 Å². The Kier molecular flexibility index (Phi) is 5.87. The second kappa shape index (κ2) is 8.51. The maximum atomic E-state index is 13.3. The monoisotopic (exact) mass is 458 g/mol. The smallest absolute Gasteiger partial charge is 0.370 e. The van der Waals surface area contributed by atoms with Crippen LogP contribution in [0.3, 0.4) is 0 Å². The molecule has 1 saturated heterocycles. The van der Waals surface area contributed by atoms with Crippen LogP contribution in [0.15, 0.2) is 42.6 Å². The lowest BCUT2D eigenvalue weighted by molar-refractivity contribution is -0.138. The van der Waals surface area contributed by atoms with Crippen LogP contribution < -0.4 is 16.0 Å². The molecule has 2 aromatic carbocycles. The van der Waals surface area contributed by atoms with E-state index < -0.39 is 17.9 Å². The molecule has 0 bridgehead atoms. The second-order valence-corrected chi connectivity index (χ2v) is 8.44. The van der Waals surface area contributed by atoms with Crippen LogP contribution in [0.5, 0.6) is 0 Å². The number of fused-ring (bicyclic) bond motifs is 1. The molecule has 1 amide bonds. The lowest BCUT2D eigenvalue weighted by Crippen LogP contribution is -2.53.